The first-order valence-corrected chi connectivity index (χ1v) is 15.5. The minimum absolute atomic E-state index is 0.257. The van der Waals surface area contributed by atoms with E-state index in [0.717, 1.165) is 99.3 Å². The zero-order valence-corrected chi connectivity index (χ0v) is 24.9. The Morgan fingerprint density at radius 1 is 0.404 bits per heavy atom. The van der Waals surface area contributed by atoms with Crippen LogP contribution >= 0.6 is 0 Å². The molecule has 4 nitrogen and oxygen atoms in total. The standard InChI is InChI=1S/C42H23FN2O2/c43-27-17-13-24(14-18-27)25-15-19-39-32(21-25)34-23-33(28-7-1-2-9-30(28)42(34)47-39)41-40(44-35-10-4-5-11-36(35)45-41)26-16-20-38-31(22-26)29-8-3-6-12-37(29)46-38/h1-23H. The second kappa shape index (κ2) is 9.83. The molecule has 0 bridgehead atoms. The van der Waals surface area contributed by atoms with Gasteiger partial charge in [-0.05, 0) is 83.2 Å². The van der Waals surface area contributed by atoms with E-state index in [0.29, 0.717) is 0 Å². The fourth-order valence-electron chi connectivity index (χ4n) is 6.88. The molecule has 0 aliphatic heterocycles. The highest BCUT2D eigenvalue weighted by Gasteiger charge is 2.21. The van der Waals surface area contributed by atoms with Crippen molar-refractivity contribution < 1.29 is 13.2 Å². The average Bonchev–Trinajstić information content (AvgIpc) is 3.69. The summed E-state index contributed by atoms with van der Waals surface area (Å²) in [6, 6.07) is 45.5. The third-order valence-electron chi connectivity index (χ3n) is 9.13. The van der Waals surface area contributed by atoms with E-state index < -0.39 is 0 Å². The van der Waals surface area contributed by atoms with Gasteiger partial charge in [-0.15, -0.1) is 0 Å². The van der Waals surface area contributed by atoms with Crippen molar-refractivity contribution in [1.29, 1.82) is 0 Å². The fourth-order valence-corrected chi connectivity index (χ4v) is 6.88. The Balaban J connectivity index is 1.28. The van der Waals surface area contributed by atoms with Gasteiger partial charge in [0.15, 0.2) is 0 Å². The quantitative estimate of drug-likeness (QED) is 0.201. The number of para-hydroxylation sites is 3. The Labute approximate surface area is 267 Å². The van der Waals surface area contributed by atoms with Crippen molar-refractivity contribution in [2.45, 2.75) is 0 Å². The third kappa shape index (κ3) is 4.00. The van der Waals surface area contributed by atoms with Crippen LogP contribution in [0.4, 0.5) is 4.39 Å². The van der Waals surface area contributed by atoms with Crippen LogP contribution in [0, 0.1) is 5.82 Å². The van der Waals surface area contributed by atoms with E-state index in [2.05, 4.69) is 42.5 Å². The van der Waals surface area contributed by atoms with Crippen molar-refractivity contribution in [3.8, 4) is 33.6 Å². The molecule has 0 atom stereocenters. The SMILES string of the molecule is Fc1ccc(-c2ccc3oc4c5ccccc5c(-c5nc6ccccc6nc5-c5ccc6oc7ccccc7c6c5)cc4c3c2)cc1. The van der Waals surface area contributed by atoms with Gasteiger partial charge in [0.2, 0.25) is 0 Å². The summed E-state index contributed by atoms with van der Waals surface area (Å²) in [5.74, 6) is -0.257. The molecule has 47 heavy (non-hydrogen) atoms. The van der Waals surface area contributed by atoms with Crippen LogP contribution in [0.3, 0.4) is 0 Å². The molecule has 0 aliphatic rings. The van der Waals surface area contributed by atoms with Crippen molar-refractivity contribution in [2.75, 3.05) is 0 Å². The lowest BCUT2D eigenvalue weighted by molar-refractivity contribution is 0.628. The van der Waals surface area contributed by atoms with Crippen molar-refractivity contribution in [3.05, 3.63) is 145 Å². The second-order valence-electron chi connectivity index (χ2n) is 11.9. The van der Waals surface area contributed by atoms with Crippen molar-refractivity contribution in [3.63, 3.8) is 0 Å². The first kappa shape index (κ1) is 25.9. The number of hydrogen-bond donors (Lipinski definition) is 0. The van der Waals surface area contributed by atoms with Gasteiger partial charge in [0.05, 0.1) is 22.4 Å². The van der Waals surface area contributed by atoms with Gasteiger partial charge in [0.25, 0.3) is 0 Å². The highest BCUT2D eigenvalue weighted by molar-refractivity contribution is 6.20. The number of furan rings is 2. The Morgan fingerprint density at radius 3 is 1.79 bits per heavy atom. The maximum atomic E-state index is 13.7. The van der Waals surface area contributed by atoms with E-state index >= 15 is 0 Å². The van der Waals surface area contributed by atoms with E-state index in [1.807, 2.05) is 72.8 Å². The minimum Gasteiger partial charge on any atom is -0.456 e. The smallest absolute Gasteiger partial charge is 0.143 e. The zero-order valence-electron chi connectivity index (χ0n) is 24.9. The lowest BCUT2D eigenvalue weighted by Gasteiger charge is -2.13. The molecule has 10 rings (SSSR count). The molecular weight excluding hydrogens is 583 g/mol. The van der Waals surface area contributed by atoms with Gasteiger partial charge in [0.1, 0.15) is 28.1 Å². The maximum Gasteiger partial charge on any atom is 0.143 e. The Kier molecular flexibility index (Phi) is 5.43. The summed E-state index contributed by atoms with van der Waals surface area (Å²) in [5, 5.41) is 6.09. The highest BCUT2D eigenvalue weighted by atomic mass is 19.1. The lowest BCUT2D eigenvalue weighted by atomic mass is 9.94. The Hall–Kier alpha value is -6.33. The molecule has 3 heterocycles. The van der Waals surface area contributed by atoms with E-state index in [9.17, 15) is 4.39 Å². The molecule has 220 valence electrons. The van der Waals surface area contributed by atoms with Crippen molar-refractivity contribution >= 4 is 65.7 Å². The summed E-state index contributed by atoms with van der Waals surface area (Å²) >= 11 is 0. The van der Waals surface area contributed by atoms with Crippen LogP contribution in [0.25, 0.3) is 99.3 Å². The molecule has 0 saturated heterocycles. The average molecular weight is 607 g/mol. The maximum absolute atomic E-state index is 13.7. The summed E-state index contributed by atoms with van der Waals surface area (Å²) in [6.45, 7) is 0. The number of fused-ring (bicyclic) bond motifs is 9. The zero-order chi connectivity index (χ0) is 31.1. The molecule has 0 fully saturated rings. The number of hydrogen-bond acceptors (Lipinski definition) is 4. The van der Waals surface area contributed by atoms with Crippen LogP contribution in [-0.4, -0.2) is 9.97 Å². The van der Waals surface area contributed by atoms with E-state index in [1.165, 1.54) is 12.1 Å². The largest absolute Gasteiger partial charge is 0.456 e. The van der Waals surface area contributed by atoms with Gasteiger partial charge in [0, 0.05) is 38.1 Å². The highest BCUT2D eigenvalue weighted by Crippen LogP contribution is 2.43. The van der Waals surface area contributed by atoms with Gasteiger partial charge < -0.3 is 8.83 Å². The monoisotopic (exact) mass is 606 g/mol. The van der Waals surface area contributed by atoms with Crippen LogP contribution in [0.1, 0.15) is 0 Å². The van der Waals surface area contributed by atoms with Crippen molar-refractivity contribution in [2.24, 2.45) is 0 Å². The molecule has 0 saturated carbocycles. The van der Waals surface area contributed by atoms with Crippen molar-refractivity contribution in [1.82, 2.24) is 9.97 Å². The molecule has 7 aromatic carbocycles. The number of rotatable bonds is 3. The first-order valence-electron chi connectivity index (χ1n) is 15.5. The first-order chi connectivity index (χ1) is 23.2. The molecule has 0 aliphatic carbocycles. The molecule has 0 N–H and O–H groups in total. The summed E-state index contributed by atoms with van der Waals surface area (Å²) in [5.41, 5.74) is 10.4. The normalized spacial score (nSPS) is 11.9. The second-order valence-corrected chi connectivity index (χ2v) is 11.9. The molecule has 10 aromatic rings. The summed E-state index contributed by atoms with van der Waals surface area (Å²) < 4.78 is 26.4. The van der Waals surface area contributed by atoms with E-state index in [-0.39, 0.29) is 5.82 Å². The Bertz CT molecular complexity index is 2870. The van der Waals surface area contributed by atoms with Gasteiger partial charge >= 0.3 is 0 Å². The molecule has 0 amide bonds. The fraction of sp³-hybridized carbons (Fsp3) is 0. The summed E-state index contributed by atoms with van der Waals surface area (Å²) in [7, 11) is 0. The van der Waals surface area contributed by atoms with Gasteiger partial charge in [-0.1, -0.05) is 72.8 Å². The molecule has 0 radical (unpaired) electrons. The Morgan fingerprint density at radius 2 is 0.979 bits per heavy atom. The van der Waals surface area contributed by atoms with Gasteiger partial charge in [-0.25, -0.2) is 14.4 Å². The topological polar surface area (TPSA) is 52.1 Å². The number of halogens is 1. The van der Waals surface area contributed by atoms with E-state index in [4.69, 9.17) is 18.8 Å². The lowest BCUT2D eigenvalue weighted by Crippen LogP contribution is -1.96. The number of benzene rings is 7. The molecule has 5 heteroatoms. The molecule has 3 aromatic heterocycles. The molecular formula is C42H23FN2O2. The predicted molar refractivity (Wildman–Crippen MR) is 188 cm³/mol. The summed E-state index contributed by atoms with van der Waals surface area (Å²) in [6.07, 6.45) is 0. The molecule has 0 unspecified atom stereocenters. The summed E-state index contributed by atoms with van der Waals surface area (Å²) in [4.78, 5) is 10.5. The molecule has 0 spiro atoms. The van der Waals surface area contributed by atoms with Crippen LogP contribution in [0.2, 0.25) is 0 Å². The van der Waals surface area contributed by atoms with Gasteiger partial charge in [-0.3, -0.25) is 0 Å². The van der Waals surface area contributed by atoms with Crippen LogP contribution in [0.15, 0.2) is 148 Å². The van der Waals surface area contributed by atoms with E-state index in [1.54, 1.807) is 12.1 Å². The number of aromatic nitrogens is 2. The van der Waals surface area contributed by atoms with Crippen LogP contribution in [0.5, 0.6) is 0 Å². The van der Waals surface area contributed by atoms with Crippen LogP contribution < -0.4 is 0 Å². The predicted octanol–water partition coefficient (Wildman–Crippen LogP) is 11.7. The third-order valence-corrected chi connectivity index (χ3v) is 9.13. The van der Waals surface area contributed by atoms with Gasteiger partial charge in [-0.2, -0.15) is 0 Å². The number of nitrogens with zero attached hydrogens (tertiary/aromatic N) is 2. The van der Waals surface area contributed by atoms with Crippen LogP contribution in [-0.2, 0) is 0 Å². The minimum atomic E-state index is -0.257.